The van der Waals surface area contributed by atoms with E-state index in [-0.39, 0.29) is 0 Å². The highest BCUT2D eigenvalue weighted by atomic mass is 16.3. The van der Waals surface area contributed by atoms with E-state index in [9.17, 15) is 5.11 Å². The number of fused-ring (bicyclic) bond motifs is 1. The van der Waals surface area contributed by atoms with E-state index in [4.69, 9.17) is 0 Å². The van der Waals surface area contributed by atoms with Crippen LogP contribution in [0, 0.1) is 0 Å². The molecule has 15 heavy (non-hydrogen) atoms. The molecule has 1 aliphatic rings. The molecule has 0 amide bonds. The highest BCUT2D eigenvalue weighted by Crippen LogP contribution is 2.34. The number of phenols is 1. The van der Waals surface area contributed by atoms with Crippen LogP contribution < -0.4 is 10.2 Å². The van der Waals surface area contributed by atoms with Crippen molar-refractivity contribution in [2.75, 3.05) is 16.8 Å². The van der Waals surface area contributed by atoms with Gasteiger partial charge >= 0.3 is 0 Å². The number of nitrogens with zero attached hydrogens (tertiary/aromatic N) is 1. The first-order valence-corrected chi connectivity index (χ1v) is 5.44. The zero-order chi connectivity index (χ0) is 11.0. The van der Waals surface area contributed by atoms with Gasteiger partial charge in [0, 0.05) is 24.7 Å². The Labute approximate surface area is 90.7 Å². The Balaban J connectivity index is 2.42. The minimum Gasteiger partial charge on any atom is -0.508 e. The summed E-state index contributed by atoms with van der Waals surface area (Å²) in [5, 5.41) is 12.8. The SMILES string of the molecule is CC1CN(C(C)C)c2ccc(O)cc2N1. The fraction of sp³-hybridized carbons (Fsp3) is 0.500. The van der Waals surface area contributed by atoms with Crippen molar-refractivity contribution in [1.29, 1.82) is 0 Å². The van der Waals surface area contributed by atoms with Crippen LogP contribution in [0.3, 0.4) is 0 Å². The molecule has 1 heterocycles. The molecule has 0 aromatic heterocycles. The second-order valence-electron chi connectivity index (χ2n) is 4.49. The second kappa shape index (κ2) is 3.65. The molecule has 0 radical (unpaired) electrons. The number of anilines is 2. The van der Waals surface area contributed by atoms with E-state index in [1.807, 2.05) is 6.07 Å². The van der Waals surface area contributed by atoms with Crippen molar-refractivity contribution in [3.63, 3.8) is 0 Å². The van der Waals surface area contributed by atoms with Crippen LogP contribution in [-0.4, -0.2) is 23.7 Å². The Bertz CT molecular complexity index is 363. The van der Waals surface area contributed by atoms with Crippen LogP contribution in [0.25, 0.3) is 0 Å². The molecule has 0 saturated carbocycles. The number of benzene rings is 1. The number of phenolic OH excluding ortho intramolecular Hbond substituents is 1. The minimum absolute atomic E-state index is 0.319. The van der Waals surface area contributed by atoms with Crippen molar-refractivity contribution in [3.8, 4) is 5.75 Å². The Kier molecular flexibility index (Phi) is 2.47. The molecule has 1 aromatic rings. The van der Waals surface area contributed by atoms with Gasteiger partial charge in [0.15, 0.2) is 0 Å². The lowest BCUT2D eigenvalue weighted by Gasteiger charge is -2.38. The van der Waals surface area contributed by atoms with Gasteiger partial charge in [-0.3, -0.25) is 0 Å². The maximum atomic E-state index is 9.44. The first-order chi connectivity index (χ1) is 7.08. The van der Waals surface area contributed by atoms with E-state index in [1.165, 1.54) is 5.69 Å². The summed E-state index contributed by atoms with van der Waals surface area (Å²) in [7, 11) is 0. The van der Waals surface area contributed by atoms with Crippen LogP contribution in [0.1, 0.15) is 20.8 Å². The van der Waals surface area contributed by atoms with Crippen molar-refractivity contribution >= 4 is 11.4 Å². The molecule has 0 spiro atoms. The van der Waals surface area contributed by atoms with E-state index in [0.29, 0.717) is 17.8 Å². The number of hydrogen-bond donors (Lipinski definition) is 2. The summed E-state index contributed by atoms with van der Waals surface area (Å²) in [6.07, 6.45) is 0. The van der Waals surface area contributed by atoms with E-state index in [0.717, 1.165) is 12.2 Å². The molecule has 0 fully saturated rings. The normalized spacial score (nSPS) is 20.0. The van der Waals surface area contributed by atoms with Crippen molar-refractivity contribution in [1.82, 2.24) is 0 Å². The zero-order valence-corrected chi connectivity index (χ0v) is 9.49. The quantitative estimate of drug-likeness (QED) is 0.740. The van der Waals surface area contributed by atoms with Crippen LogP contribution in [-0.2, 0) is 0 Å². The van der Waals surface area contributed by atoms with Gasteiger partial charge in [0.1, 0.15) is 5.75 Å². The largest absolute Gasteiger partial charge is 0.508 e. The van der Waals surface area contributed by atoms with Crippen LogP contribution >= 0.6 is 0 Å². The highest BCUT2D eigenvalue weighted by Gasteiger charge is 2.22. The lowest BCUT2D eigenvalue weighted by atomic mass is 10.1. The van der Waals surface area contributed by atoms with Gasteiger partial charge in [-0.1, -0.05) is 0 Å². The number of nitrogens with one attached hydrogen (secondary N) is 1. The summed E-state index contributed by atoms with van der Waals surface area (Å²) in [6.45, 7) is 7.54. The van der Waals surface area contributed by atoms with E-state index in [2.05, 4.69) is 31.0 Å². The van der Waals surface area contributed by atoms with Crippen molar-refractivity contribution < 1.29 is 5.11 Å². The number of hydrogen-bond acceptors (Lipinski definition) is 3. The molecular formula is C12H18N2O. The highest BCUT2D eigenvalue weighted by molar-refractivity contribution is 5.74. The summed E-state index contributed by atoms with van der Waals surface area (Å²) in [4.78, 5) is 2.36. The minimum atomic E-state index is 0.319. The molecule has 0 bridgehead atoms. The van der Waals surface area contributed by atoms with E-state index < -0.39 is 0 Å². The molecule has 3 nitrogen and oxygen atoms in total. The Hall–Kier alpha value is -1.38. The molecule has 2 N–H and O–H groups in total. The van der Waals surface area contributed by atoms with Crippen LogP contribution in [0.4, 0.5) is 11.4 Å². The fourth-order valence-corrected chi connectivity index (χ4v) is 2.08. The number of rotatable bonds is 1. The number of aromatic hydroxyl groups is 1. The standard InChI is InChI=1S/C12H18N2O/c1-8(2)14-7-9(3)13-11-6-10(15)4-5-12(11)14/h4-6,8-9,13,15H,7H2,1-3H3. The summed E-state index contributed by atoms with van der Waals surface area (Å²) in [6, 6.07) is 6.41. The average Bonchev–Trinajstić information content (AvgIpc) is 2.15. The Morgan fingerprint density at radius 2 is 2.20 bits per heavy atom. The van der Waals surface area contributed by atoms with Crippen LogP contribution in [0.2, 0.25) is 0 Å². The lowest BCUT2D eigenvalue weighted by molar-refractivity contribution is 0.475. The smallest absolute Gasteiger partial charge is 0.117 e. The van der Waals surface area contributed by atoms with Crippen molar-refractivity contribution in [2.45, 2.75) is 32.9 Å². The first-order valence-electron chi connectivity index (χ1n) is 5.44. The summed E-state index contributed by atoms with van der Waals surface area (Å²) in [5.74, 6) is 0.319. The van der Waals surface area contributed by atoms with Gasteiger partial charge < -0.3 is 15.3 Å². The second-order valence-corrected chi connectivity index (χ2v) is 4.49. The topological polar surface area (TPSA) is 35.5 Å². The predicted octanol–water partition coefficient (Wildman–Crippen LogP) is 2.42. The molecular weight excluding hydrogens is 188 g/mol. The molecule has 1 atom stereocenters. The molecule has 3 heteroatoms. The Morgan fingerprint density at radius 3 is 2.87 bits per heavy atom. The monoisotopic (exact) mass is 206 g/mol. The first kappa shape index (κ1) is 10.1. The van der Waals surface area contributed by atoms with Crippen molar-refractivity contribution in [2.24, 2.45) is 0 Å². The molecule has 1 aromatic carbocycles. The van der Waals surface area contributed by atoms with Crippen molar-refractivity contribution in [3.05, 3.63) is 18.2 Å². The predicted molar refractivity (Wildman–Crippen MR) is 63.7 cm³/mol. The van der Waals surface area contributed by atoms with Gasteiger partial charge in [-0.2, -0.15) is 0 Å². The van der Waals surface area contributed by atoms with Gasteiger partial charge in [0.25, 0.3) is 0 Å². The van der Waals surface area contributed by atoms with Gasteiger partial charge in [-0.15, -0.1) is 0 Å². The molecule has 0 saturated heterocycles. The molecule has 2 rings (SSSR count). The molecule has 1 unspecified atom stereocenters. The van der Waals surface area contributed by atoms with Gasteiger partial charge in [-0.05, 0) is 32.9 Å². The third-order valence-electron chi connectivity index (χ3n) is 2.79. The maximum absolute atomic E-state index is 9.44. The summed E-state index contributed by atoms with van der Waals surface area (Å²) >= 11 is 0. The van der Waals surface area contributed by atoms with Gasteiger partial charge in [0.05, 0.1) is 11.4 Å². The van der Waals surface area contributed by atoms with E-state index >= 15 is 0 Å². The van der Waals surface area contributed by atoms with Crippen LogP contribution in [0.15, 0.2) is 18.2 Å². The molecule has 82 valence electrons. The van der Waals surface area contributed by atoms with Gasteiger partial charge in [-0.25, -0.2) is 0 Å². The average molecular weight is 206 g/mol. The van der Waals surface area contributed by atoms with Crippen LogP contribution in [0.5, 0.6) is 5.75 Å². The fourth-order valence-electron chi connectivity index (χ4n) is 2.08. The zero-order valence-electron chi connectivity index (χ0n) is 9.49. The molecule has 0 aliphatic carbocycles. The van der Waals surface area contributed by atoms with E-state index in [1.54, 1.807) is 12.1 Å². The summed E-state index contributed by atoms with van der Waals surface area (Å²) in [5.41, 5.74) is 2.21. The molecule has 1 aliphatic heterocycles. The third kappa shape index (κ3) is 1.87. The Morgan fingerprint density at radius 1 is 1.47 bits per heavy atom. The summed E-state index contributed by atoms with van der Waals surface area (Å²) < 4.78 is 0. The maximum Gasteiger partial charge on any atom is 0.117 e. The van der Waals surface area contributed by atoms with Gasteiger partial charge in [0.2, 0.25) is 0 Å². The third-order valence-corrected chi connectivity index (χ3v) is 2.79. The lowest BCUT2D eigenvalue weighted by Crippen LogP contribution is -2.43.